The highest BCUT2D eigenvalue weighted by Gasteiger charge is 2.14. The van der Waals surface area contributed by atoms with E-state index in [1.807, 2.05) is 0 Å². The Kier molecular flexibility index (Phi) is 2.32. The highest BCUT2D eigenvalue weighted by molar-refractivity contribution is 6.01. The van der Waals surface area contributed by atoms with E-state index in [2.05, 4.69) is 0 Å². The molecule has 1 aromatic carbocycles. The summed E-state index contributed by atoms with van der Waals surface area (Å²) in [5.74, 6) is -2.08. The van der Waals surface area contributed by atoms with E-state index in [1.54, 1.807) is 0 Å². The molecule has 0 spiro atoms. The first-order valence-corrected chi connectivity index (χ1v) is 3.60. The highest BCUT2D eigenvalue weighted by Crippen LogP contribution is 2.22. The van der Waals surface area contributed by atoms with Crippen LogP contribution in [-0.4, -0.2) is 22.0 Å². The number of phenols is 1. The zero-order valence-electron chi connectivity index (χ0n) is 6.94. The molecule has 4 heteroatoms. The number of ketones is 1. The molecule has 0 heterocycles. The monoisotopic (exact) mass is 180 g/mol. The lowest BCUT2D eigenvalue weighted by atomic mass is 10.1. The van der Waals surface area contributed by atoms with Crippen LogP contribution >= 0.6 is 0 Å². The molecule has 0 aliphatic heterocycles. The fraction of sp³-hybridized carbons (Fsp3) is 0.111. The Morgan fingerprint density at radius 3 is 2.23 bits per heavy atom. The number of para-hydroxylation sites is 1. The van der Waals surface area contributed by atoms with E-state index >= 15 is 0 Å². The molecule has 1 aromatic rings. The van der Waals surface area contributed by atoms with Gasteiger partial charge in [0, 0.05) is 0 Å². The summed E-state index contributed by atoms with van der Waals surface area (Å²) in [7, 11) is 0. The maximum absolute atomic E-state index is 10.9. The van der Waals surface area contributed by atoms with Crippen molar-refractivity contribution in [2.24, 2.45) is 0 Å². The van der Waals surface area contributed by atoms with Crippen LogP contribution in [0.15, 0.2) is 18.2 Å². The van der Waals surface area contributed by atoms with E-state index in [4.69, 9.17) is 5.11 Å². The molecule has 0 unspecified atom stereocenters. The molecule has 4 nitrogen and oxygen atoms in total. The standard InChI is InChI=1S/C9H8O4/c1-5(10)6-3-2-4-7(8(6)11)9(12)13/h2-4,11H,1H3,(H,12,13). The van der Waals surface area contributed by atoms with Crippen molar-refractivity contribution in [2.75, 3.05) is 0 Å². The van der Waals surface area contributed by atoms with Crippen LogP contribution in [-0.2, 0) is 0 Å². The predicted octanol–water partition coefficient (Wildman–Crippen LogP) is 1.29. The van der Waals surface area contributed by atoms with Gasteiger partial charge in [0.1, 0.15) is 11.3 Å². The van der Waals surface area contributed by atoms with Crippen molar-refractivity contribution in [1.82, 2.24) is 0 Å². The van der Waals surface area contributed by atoms with Crippen LogP contribution < -0.4 is 0 Å². The van der Waals surface area contributed by atoms with E-state index in [0.717, 1.165) is 0 Å². The summed E-state index contributed by atoms with van der Waals surface area (Å²) in [5, 5.41) is 17.9. The lowest BCUT2D eigenvalue weighted by Crippen LogP contribution is -2.01. The van der Waals surface area contributed by atoms with E-state index in [9.17, 15) is 14.7 Å². The van der Waals surface area contributed by atoms with Crippen molar-refractivity contribution < 1.29 is 19.8 Å². The summed E-state index contributed by atoms with van der Waals surface area (Å²) in [5.41, 5.74) is -0.229. The first-order chi connectivity index (χ1) is 6.04. The van der Waals surface area contributed by atoms with Crippen LogP contribution in [0.3, 0.4) is 0 Å². The van der Waals surface area contributed by atoms with Crippen molar-refractivity contribution in [1.29, 1.82) is 0 Å². The molecule has 68 valence electrons. The van der Waals surface area contributed by atoms with E-state index in [0.29, 0.717) is 0 Å². The summed E-state index contributed by atoms with van der Waals surface area (Å²) >= 11 is 0. The number of carboxylic acid groups (broad SMARTS) is 1. The minimum Gasteiger partial charge on any atom is -0.506 e. The van der Waals surface area contributed by atoms with Crippen LogP contribution in [0.5, 0.6) is 5.75 Å². The number of carboxylic acids is 1. The number of hydrogen-bond donors (Lipinski definition) is 2. The number of benzene rings is 1. The number of Topliss-reactive ketones (excluding diaryl/α,β-unsaturated/α-hetero) is 1. The SMILES string of the molecule is CC(=O)c1cccc(C(=O)O)c1O. The van der Waals surface area contributed by atoms with Crippen LogP contribution in [0.4, 0.5) is 0 Å². The molecule has 0 aliphatic carbocycles. The van der Waals surface area contributed by atoms with Gasteiger partial charge >= 0.3 is 5.97 Å². The molecule has 1 rings (SSSR count). The zero-order chi connectivity index (χ0) is 10.0. The maximum Gasteiger partial charge on any atom is 0.339 e. The van der Waals surface area contributed by atoms with Crippen molar-refractivity contribution >= 4 is 11.8 Å². The van der Waals surface area contributed by atoms with Gasteiger partial charge in [0.2, 0.25) is 0 Å². The highest BCUT2D eigenvalue weighted by atomic mass is 16.4. The molecule has 0 fully saturated rings. The lowest BCUT2D eigenvalue weighted by Gasteiger charge is -2.02. The van der Waals surface area contributed by atoms with Gasteiger partial charge in [-0.05, 0) is 19.1 Å². The molecule has 0 amide bonds. The van der Waals surface area contributed by atoms with Crippen molar-refractivity contribution in [3.63, 3.8) is 0 Å². The third-order valence-corrected chi connectivity index (χ3v) is 1.65. The summed E-state index contributed by atoms with van der Waals surface area (Å²) < 4.78 is 0. The summed E-state index contributed by atoms with van der Waals surface area (Å²) in [6.07, 6.45) is 0. The van der Waals surface area contributed by atoms with Crippen molar-refractivity contribution in [3.05, 3.63) is 29.3 Å². The Hall–Kier alpha value is -1.84. The van der Waals surface area contributed by atoms with Crippen LogP contribution in [0.25, 0.3) is 0 Å². The normalized spacial score (nSPS) is 9.62. The van der Waals surface area contributed by atoms with E-state index in [1.165, 1.54) is 25.1 Å². The molecule has 0 aliphatic rings. The van der Waals surface area contributed by atoms with Crippen LogP contribution in [0.2, 0.25) is 0 Å². The fourth-order valence-electron chi connectivity index (χ4n) is 1.00. The lowest BCUT2D eigenvalue weighted by molar-refractivity contribution is 0.0693. The van der Waals surface area contributed by atoms with Gasteiger partial charge in [-0.2, -0.15) is 0 Å². The molecule has 13 heavy (non-hydrogen) atoms. The first-order valence-electron chi connectivity index (χ1n) is 3.60. The van der Waals surface area contributed by atoms with Crippen molar-refractivity contribution in [2.45, 2.75) is 6.92 Å². The van der Waals surface area contributed by atoms with Gasteiger partial charge in [-0.15, -0.1) is 0 Å². The molecular weight excluding hydrogens is 172 g/mol. The molecule has 0 saturated heterocycles. The number of aromatic hydroxyl groups is 1. The molecule has 0 atom stereocenters. The average Bonchev–Trinajstić information content (AvgIpc) is 2.03. The van der Waals surface area contributed by atoms with E-state index in [-0.39, 0.29) is 16.9 Å². The number of rotatable bonds is 2. The predicted molar refractivity (Wildman–Crippen MR) is 45.1 cm³/mol. The molecule has 0 radical (unpaired) electrons. The van der Waals surface area contributed by atoms with Gasteiger partial charge in [0.05, 0.1) is 5.56 Å². The maximum atomic E-state index is 10.9. The molecule has 0 aromatic heterocycles. The minimum absolute atomic E-state index is 0.0277. The van der Waals surface area contributed by atoms with Gasteiger partial charge in [0.15, 0.2) is 5.78 Å². The smallest absolute Gasteiger partial charge is 0.339 e. The van der Waals surface area contributed by atoms with Gasteiger partial charge in [-0.25, -0.2) is 4.79 Å². The molecular formula is C9H8O4. The summed E-state index contributed by atoms with van der Waals surface area (Å²) in [4.78, 5) is 21.4. The second-order valence-corrected chi connectivity index (χ2v) is 2.56. The largest absolute Gasteiger partial charge is 0.506 e. The summed E-state index contributed by atoms with van der Waals surface area (Å²) in [6, 6.07) is 4.04. The third kappa shape index (κ3) is 1.66. The second kappa shape index (κ2) is 3.26. The third-order valence-electron chi connectivity index (χ3n) is 1.65. The van der Waals surface area contributed by atoms with E-state index < -0.39 is 11.7 Å². The molecule has 0 bridgehead atoms. The Morgan fingerprint density at radius 2 is 1.77 bits per heavy atom. The summed E-state index contributed by atoms with van der Waals surface area (Å²) in [6.45, 7) is 1.26. The fourth-order valence-corrected chi connectivity index (χ4v) is 1.00. The van der Waals surface area contributed by atoms with Gasteiger partial charge < -0.3 is 10.2 Å². The number of carbonyl (C=O) groups is 2. The first kappa shape index (κ1) is 9.25. The topological polar surface area (TPSA) is 74.6 Å². The number of hydrogen-bond acceptors (Lipinski definition) is 3. The Bertz CT molecular complexity index is 336. The Balaban J connectivity index is 3.35. The van der Waals surface area contributed by atoms with Gasteiger partial charge in [-0.1, -0.05) is 6.07 Å². The second-order valence-electron chi connectivity index (χ2n) is 2.56. The van der Waals surface area contributed by atoms with Gasteiger partial charge in [0.25, 0.3) is 0 Å². The quantitative estimate of drug-likeness (QED) is 0.672. The number of aromatic carboxylic acids is 1. The minimum atomic E-state index is -1.25. The average molecular weight is 180 g/mol. The van der Waals surface area contributed by atoms with Crippen LogP contribution in [0, 0.1) is 0 Å². The van der Waals surface area contributed by atoms with Crippen molar-refractivity contribution in [3.8, 4) is 5.75 Å². The Labute approximate surface area is 74.4 Å². The Morgan fingerprint density at radius 1 is 1.23 bits per heavy atom. The van der Waals surface area contributed by atoms with Crippen LogP contribution in [0.1, 0.15) is 27.6 Å². The molecule has 2 N–H and O–H groups in total. The number of carbonyl (C=O) groups excluding carboxylic acids is 1. The van der Waals surface area contributed by atoms with Gasteiger partial charge in [-0.3, -0.25) is 4.79 Å². The zero-order valence-corrected chi connectivity index (χ0v) is 6.94. The molecule has 0 saturated carbocycles.